The third kappa shape index (κ3) is 4.95. The summed E-state index contributed by atoms with van der Waals surface area (Å²) in [7, 11) is 1.84. The number of likely N-dealkylation sites (N-methyl/N-ethyl adjacent to an activating group) is 1. The van der Waals surface area contributed by atoms with Crippen molar-refractivity contribution in [1.29, 1.82) is 0 Å². The molecule has 0 bridgehead atoms. The van der Waals surface area contributed by atoms with Crippen LogP contribution in [-0.4, -0.2) is 35.9 Å². The van der Waals surface area contributed by atoms with Crippen LogP contribution in [0, 0.1) is 5.92 Å². The average Bonchev–Trinajstić information content (AvgIpc) is 2.36. The fourth-order valence-corrected chi connectivity index (χ4v) is 1.50. The molecule has 1 unspecified atom stereocenters. The summed E-state index contributed by atoms with van der Waals surface area (Å²) in [6, 6.07) is 3.93. The topological polar surface area (TPSA) is 59.2 Å². The second-order valence-corrected chi connectivity index (χ2v) is 4.47. The quantitative estimate of drug-likeness (QED) is 0.802. The maximum Gasteiger partial charge on any atom is 0.222 e. The molecule has 94 valence electrons. The lowest BCUT2D eigenvalue weighted by atomic mass is 10.1. The Morgan fingerprint density at radius 1 is 1.59 bits per heavy atom. The highest BCUT2D eigenvalue weighted by atomic mass is 16.2. The van der Waals surface area contributed by atoms with Crippen LogP contribution in [0.5, 0.6) is 0 Å². The minimum atomic E-state index is 0.159. The molecule has 4 heteroatoms. The third-order valence-corrected chi connectivity index (χ3v) is 2.81. The van der Waals surface area contributed by atoms with Crippen molar-refractivity contribution in [3.63, 3.8) is 0 Å². The monoisotopic (exact) mass is 235 g/mol. The molecule has 1 aromatic rings. The van der Waals surface area contributed by atoms with Gasteiger partial charge in [-0.15, -0.1) is 0 Å². The van der Waals surface area contributed by atoms with E-state index in [1.807, 2.05) is 32.3 Å². The van der Waals surface area contributed by atoms with Gasteiger partial charge in [0.15, 0.2) is 0 Å². The zero-order valence-electron chi connectivity index (χ0n) is 10.6. The largest absolute Gasteiger partial charge is 0.345 e. The number of pyridine rings is 1. The van der Waals surface area contributed by atoms with Gasteiger partial charge >= 0.3 is 0 Å². The molecule has 1 amide bonds. The second kappa shape index (κ2) is 7.01. The van der Waals surface area contributed by atoms with E-state index in [-0.39, 0.29) is 11.8 Å². The summed E-state index contributed by atoms with van der Waals surface area (Å²) in [5.41, 5.74) is 6.66. The standard InChI is InChI=1S/C13H21N3O/c1-11(9-14)8-13(17)16(2)7-5-12-4-3-6-15-10-12/h3-4,6,10-11H,5,7-9,14H2,1-2H3. The lowest BCUT2D eigenvalue weighted by molar-refractivity contribution is -0.130. The van der Waals surface area contributed by atoms with Gasteiger partial charge in [-0.05, 0) is 30.5 Å². The van der Waals surface area contributed by atoms with Crippen LogP contribution >= 0.6 is 0 Å². The zero-order valence-corrected chi connectivity index (χ0v) is 10.6. The number of nitrogens with zero attached hydrogens (tertiary/aromatic N) is 2. The third-order valence-electron chi connectivity index (χ3n) is 2.81. The van der Waals surface area contributed by atoms with Gasteiger partial charge in [0.2, 0.25) is 5.91 Å². The SMILES string of the molecule is CC(CN)CC(=O)N(C)CCc1cccnc1. The number of hydrogen-bond acceptors (Lipinski definition) is 3. The Kier molecular flexibility index (Phi) is 5.63. The number of carbonyl (C=O) groups excluding carboxylic acids is 1. The van der Waals surface area contributed by atoms with Crippen molar-refractivity contribution in [1.82, 2.24) is 9.88 Å². The second-order valence-electron chi connectivity index (χ2n) is 4.47. The van der Waals surface area contributed by atoms with E-state index in [4.69, 9.17) is 5.73 Å². The van der Waals surface area contributed by atoms with Gasteiger partial charge in [-0.3, -0.25) is 9.78 Å². The predicted molar refractivity (Wildman–Crippen MR) is 68.4 cm³/mol. The van der Waals surface area contributed by atoms with Gasteiger partial charge < -0.3 is 10.6 Å². The van der Waals surface area contributed by atoms with E-state index >= 15 is 0 Å². The Bertz CT molecular complexity index is 340. The van der Waals surface area contributed by atoms with E-state index in [1.165, 1.54) is 0 Å². The number of rotatable bonds is 6. The molecule has 0 aromatic carbocycles. The van der Waals surface area contributed by atoms with E-state index in [1.54, 1.807) is 11.1 Å². The minimum Gasteiger partial charge on any atom is -0.345 e. The van der Waals surface area contributed by atoms with Crippen molar-refractivity contribution < 1.29 is 4.79 Å². The summed E-state index contributed by atoms with van der Waals surface area (Å²) in [5, 5.41) is 0. The van der Waals surface area contributed by atoms with Crippen molar-refractivity contribution in [2.24, 2.45) is 11.7 Å². The fraction of sp³-hybridized carbons (Fsp3) is 0.538. The Morgan fingerprint density at radius 2 is 2.35 bits per heavy atom. The molecule has 0 aliphatic rings. The van der Waals surface area contributed by atoms with Gasteiger partial charge in [0.1, 0.15) is 0 Å². The molecular formula is C13H21N3O. The fourth-order valence-electron chi connectivity index (χ4n) is 1.50. The molecular weight excluding hydrogens is 214 g/mol. The normalized spacial score (nSPS) is 12.2. The zero-order chi connectivity index (χ0) is 12.7. The van der Waals surface area contributed by atoms with Crippen molar-refractivity contribution in [2.75, 3.05) is 20.1 Å². The molecule has 0 saturated heterocycles. The molecule has 0 saturated carbocycles. The Balaban J connectivity index is 2.34. The van der Waals surface area contributed by atoms with Crippen LogP contribution < -0.4 is 5.73 Å². The molecule has 1 heterocycles. The van der Waals surface area contributed by atoms with Crippen molar-refractivity contribution in [2.45, 2.75) is 19.8 Å². The Labute approximate surface area is 103 Å². The highest BCUT2D eigenvalue weighted by Gasteiger charge is 2.12. The molecule has 4 nitrogen and oxygen atoms in total. The number of hydrogen-bond donors (Lipinski definition) is 1. The highest BCUT2D eigenvalue weighted by molar-refractivity contribution is 5.76. The van der Waals surface area contributed by atoms with Crippen molar-refractivity contribution >= 4 is 5.91 Å². The van der Waals surface area contributed by atoms with Crippen LogP contribution in [-0.2, 0) is 11.2 Å². The summed E-state index contributed by atoms with van der Waals surface area (Å²) in [4.78, 5) is 17.6. The first-order valence-corrected chi connectivity index (χ1v) is 5.96. The molecule has 0 aliphatic heterocycles. The molecule has 0 spiro atoms. The molecule has 1 aromatic heterocycles. The van der Waals surface area contributed by atoms with Crippen LogP contribution in [0.15, 0.2) is 24.5 Å². The maximum absolute atomic E-state index is 11.8. The summed E-state index contributed by atoms with van der Waals surface area (Å²) >= 11 is 0. The smallest absolute Gasteiger partial charge is 0.222 e. The van der Waals surface area contributed by atoms with Crippen LogP contribution in [0.1, 0.15) is 18.9 Å². The van der Waals surface area contributed by atoms with Crippen LogP contribution in [0.25, 0.3) is 0 Å². The molecule has 0 radical (unpaired) electrons. The van der Waals surface area contributed by atoms with E-state index in [2.05, 4.69) is 4.98 Å². The number of nitrogens with two attached hydrogens (primary N) is 1. The van der Waals surface area contributed by atoms with Crippen molar-refractivity contribution in [3.05, 3.63) is 30.1 Å². The molecule has 2 N–H and O–H groups in total. The van der Waals surface area contributed by atoms with Crippen LogP contribution in [0.2, 0.25) is 0 Å². The first kappa shape index (κ1) is 13.6. The summed E-state index contributed by atoms with van der Waals surface area (Å²) < 4.78 is 0. The van der Waals surface area contributed by atoms with Gasteiger partial charge in [-0.2, -0.15) is 0 Å². The molecule has 1 rings (SSSR count). The lowest BCUT2D eigenvalue weighted by Crippen LogP contribution is -2.31. The van der Waals surface area contributed by atoms with Gasteiger partial charge in [0.25, 0.3) is 0 Å². The van der Waals surface area contributed by atoms with Crippen LogP contribution in [0.3, 0.4) is 0 Å². The highest BCUT2D eigenvalue weighted by Crippen LogP contribution is 2.04. The number of aromatic nitrogens is 1. The van der Waals surface area contributed by atoms with E-state index in [9.17, 15) is 4.79 Å². The minimum absolute atomic E-state index is 0.159. The van der Waals surface area contributed by atoms with Crippen molar-refractivity contribution in [3.8, 4) is 0 Å². The first-order valence-electron chi connectivity index (χ1n) is 5.96. The maximum atomic E-state index is 11.8. The molecule has 1 atom stereocenters. The number of amides is 1. The van der Waals surface area contributed by atoms with Gasteiger partial charge in [-0.1, -0.05) is 13.0 Å². The van der Waals surface area contributed by atoms with E-state index in [0.29, 0.717) is 13.0 Å². The number of carbonyl (C=O) groups is 1. The van der Waals surface area contributed by atoms with E-state index in [0.717, 1.165) is 18.5 Å². The van der Waals surface area contributed by atoms with Gasteiger partial charge in [0, 0.05) is 32.4 Å². The molecule has 0 aliphatic carbocycles. The summed E-state index contributed by atoms with van der Waals surface area (Å²) in [6.45, 7) is 3.27. The molecule has 17 heavy (non-hydrogen) atoms. The predicted octanol–water partition coefficient (Wildman–Crippen LogP) is 1.07. The Hall–Kier alpha value is -1.42. The molecule has 0 fully saturated rings. The first-order chi connectivity index (χ1) is 8.13. The lowest BCUT2D eigenvalue weighted by Gasteiger charge is -2.19. The van der Waals surface area contributed by atoms with E-state index < -0.39 is 0 Å². The van der Waals surface area contributed by atoms with Gasteiger partial charge in [-0.25, -0.2) is 0 Å². The summed E-state index contributed by atoms with van der Waals surface area (Å²) in [6.07, 6.45) is 4.95. The summed E-state index contributed by atoms with van der Waals surface area (Å²) in [5.74, 6) is 0.412. The van der Waals surface area contributed by atoms with Gasteiger partial charge in [0.05, 0.1) is 0 Å². The van der Waals surface area contributed by atoms with Crippen LogP contribution in [0.4, 0.5) is 0 Å². The Morgan fingerprint density at radius 3 is 2.94 bits per heavy atom. The average molecular weight is 235 g/mol.